The molecule has 35 heavy (non-hydrogen) atoms. The molecule has 182 valence electrons. The molecule has 0 saturated carbocycles. The standard InChI is InChI=1S/C22H22ClFN8O2S/c1-32(2)7-8-35(33,34)31-19-9-13(11-26-21(19)25)17-5-6-18-20(30-17)22(28-12-27-18)29-14-3-4-16(24)15(23)10-14/h3-6,9-12,31H,7-8H2,1-2H3,(H2,25,26)(H,27,28,29). The summed E-state index contributed by atoms with van der Waals surface area (Å²) in [5.74, 6) is -0.207. The number of halogens is 2. The van der Waals surface area contributed by atoms with Gasteiger partial charge < -0.3 is 16.0 Å². The summed E-state index contributed by atoms with van der Waals surface area (Å²) in [5, 5.41) is 3.04. The summed E-state index contributed by atoms with van der Waals surface area (Å²) in [6.45, 7) is 0.351. The van der Waals surface area contributed by atoms with Crippen LogP contribution in [0.25, 0.3) is 22.3 Å². The molecule has 10 nitrogen and oxygen atoms in total. The number of fused-ring (bicyclic) bond motifs is 1. The Balaban J connectivity index is 1.68. The minimum atomic E-state index is -3.63. The highest BCUT2D eigenvalue weighted by Gasteiger charge is 2.16. The lowest BCUT2D eigenvalue weighted by molar-refractivity contribution is 0.432. The average molecular weight is 517 g/mol. The zero-order valence-corrected chi connectivity index (χ0v) is 20.4. The molecule has 0 spiro atoms. The first-order valence-electron chi connectivity index (χ1n) is 10.4. The molecule has 0 aliphatic heterocycles. The number of pyridine rings is 2. The number of hydrogen-bond donors (Lipinski definition) is 3. The van der Waals surface area contributed by atoms with E-state index in [9.17, 15) is 12.8 Å². The van der Waals surface area contributed by atoms with Crippen molar-refractivity contribution >= 4 is 55.7 Å². The van der Waals surface area contributed by atoms with Gasteiger partial charge in [-0.1, -0.05) is 11.6 Å². The Morgan fingerprint density at radius 3 is 2.66 bits per heavy atom. The zero-order chi connectivity index (χ0) is 25.2. The van der Waals surface area contributed by atoms with Gasteiger partial charge in [0.1, 0.15) is 23.5 Å². The fourth-order valence-corrected chi connectivity index (χ4v) is 4.51. The van der Waals surface area contributed by atoms with Gasteiger partial charge in [0.05, 0.1) is 27.7 Å². The van der Waals surface area contributed by atoms with E-state index < -0.39 is 15.8 Å². The minimum Gasteiger partial charge on any atom is -0.382 e. The predicted octanol–water partition coefficient (Wildman–Crippen LogP) is 3.51. The van der Waals surface area contributed by atoms with Crippen LogP contribution < -0.4 is 15.8 Å². The van der Waals surface area contributed by atoms with E-state index in [4.69, 9.17) is 17.3 Å². The van der Waals surface area contributed by atoms with Crippen LogP contribution in [0, 0.1) is 5.82 Å². The molecular formula is C22H22ClFN8O2S. The molecule has 0 atom stereocenters. The first-order chi connectivity index (χ1) is 16.6. The number of nitrogens with one attached hydrogen (secondary N) is 2. The summed E-state index contributed by atoms with van der Waals surface area (Å²) in [4.78, 5) is 19.0. The molecule has 4 N–H and O–H groups in total. The molecule has 0 aliphatic rings. The maximum Gasteiger partial charge on any atom is 0.234 e. The molecule has 13 heteroatoms. The molecule has 0 unspecified atom stereocenters. The van der Waals surface area contributed by atoms with Crippen LogP contribution in [0.1, 0.15) is 0 Å². The van der Waals surface area contributed by atoms with Gasteiger partial charge in [-0.15, -0.1) is 0 Å². The van der Waals surface area contributed by atoms with Crippen molar-refractivity contribution in [1.29, 1.82) is 0 Å². The second kappa shape index (κ2) is 9.94. The maximum atomic E-state index is 13.5. The van der Waals surface area contributed by atoms with Gasteiger partial charge in [-0.25, -0.2) is 32.7 Å². The van der Waals surface area contributed by atoms with Gasteiger partial charge in [0.25, 0.3) is 0 Å². The lowest BCUT2D eigenvalue weighted by Gasteiger charge is -2.14. The molecule has 4 aromatic rings. The van der Waals surface area contributed by atoms with E-state index in [1.54, 1.807) is 37.2 Å². The number of hydrogen-bond acceptors (Lipinski definition) is 9. The lowest BCUT2D eigenvalue weighted by atomic mass is 10.1. The fourth-order valence-electron chi connectivity index (χ4n) is 3.12. The number of rotatable bonds is 8. The third-order valence-electron chi connectivity index (χ3n) is 4.95. The molecule has 0 radical (unpaired) electrons. The Bertz CT molecular complexity index is 1500. The number of benzene rings is 1. The first kappa shape index (κ1) is 24.5. The van der Waals surface area contributed by atoms with E-state index in [1.807, 2.05) is 0 Å². The topological polar surface area (TPSA) is 139 Å². The fraction of sp³-hybridized carbons (Fsp3) is 0.182. The molecule has 0 bridgehead atoms. The van der Waals surface area contributed by atoms with Gasteiger partial charge in [0.15, 0.2) is 5.82 Å². The SMILES string of the molecule is CN(C)CCS(=O)(=O)Nc1cc(-c2ccc3ncnc(Nc4ccc(F)c(Cl)c4)c3n2)cnc1N. The Kier molecular flexibility index (Phi) is 6.96. The Morgan fingerprint density at radius 2 is 1.91 bits per heavy atom. The average Bonchev–Trinajstić information content (AvgIpc) is 2.81. The predicted molar refractivity (Wildman–Crippen MR) is 136 cm³/mol. The highest BCUT2D eigenvalue weighted by molar-refractivity contribution is 7.92. The van der Waals surface area contributed by atoms with E-state index in [0.29, 0.717) is 40.3 Å². The molecule has 4 rings (SSSR count). The van der Waals surface area contributed by atoms with Gasteiger partial charge in [0, 0.05) is 24.0 Å². The monoisotopic (exact) mass is 516 g/mol. The van der Waals surface area contributed by atoms with Crippen molar-refractivity contribution in [3.05, 3.63) is 59.8 Å². The van der Waals surface area contributed by atoms with Gasteiger partial charge >= 0.3 is 0 Å². The van der Waals surface area contributed by atoms with E-state index in [1.165, 1.54) is 30.7 Å². The van der Waals surface area contributed by atoms with Gasteiger partial charge in [-0.05, 0) is 50.5 Å². The Labute approximate surface area is 206 Å². The van der Waals surface area contributed by atoms with Crippen molar-refractivity contribution < 1.29 is 12.8 Å². The third kappa shape index (κ3) is 5.91. The van der Waals surface area contributed by atoms with Gasteiger partial charge in [-0.3, -0.25) is 4.72 Å². The smallest absolute Gasteiger partial charge is 0.234 e. The van der Waals surface area contributed by atoms with Crippen molar-refractivity contribution in [3.8, 4) is 11.3 Å². The number of anilines is 4. The summed E-state index contributed by atoms with van der Waals surface area (Å²) in [7, 11) is -0.0600. The molecule has 1 aromatic carbocycles. The normalized spacial score (nSPS) is 11.7. The largest absolute Gasteiger partial charge is 0.382 e. The van der Waals surface area contributed by atoms with E-state index in [0.717, 1.165) is 0 Å². The van der Waals surface area contributed by atoms with Crippen LogP contribution in [-0.4, -0.2) is 59.6 Å². The zero-order valence-electron chi connectivity index (χ0n) is 18.8. The Morgan fingerprint density at radius 1 is 1.11 bits per heavy atom. The Hall–Kier alpha value is -3.61. The van der Waals surface area contributed by atoms with Crippen LogP contribution in [0.2, 0.25) is 5.02 Å². The quantitative estimate of drug-likeness (QED) is 0.321. The molecule has 3 aromatic heterocycles. The van der Waals surface area contributed by atoms with E-state index in [2.05, 4.69) is 30.0 Å². The van der Waals surface area contributed by atoms with Crippen molar-refractivity contribution in [2.75, 3.05) is 42.2 Å². The van der Waals surface area contributed by atoms with Gasteiger partial charge in [0.2, 0.25) is 10.0 Å². The second-order valence-electron chi connectivity index (χ2n) is 7.92. The highest BCUT2D eigenvalue weighted by Crippen LogP contribution is 2.29. The third-order valence-corrected chi connectivity index (χ3v) is 6.49. The van der Waals surface area contributed by atoms with Gasteiger partial charge in [-0.2, -0.15) is 0 Å². The number of nitrogens with zero attached hydrogens (tertiary/aromatic N) is 5. The van der Waals surface area contributed by atoms with Crippen LogP contribution in [0.15, 0.2) is 48.9 Å². The molecule has 0 fully saturated rings. The molecule has 0 aliphatic carbocycles. The molecular weight excluding hydrogens is 495 g/mol. The first-order valence-corrected chi connectivity index (χ1v) is 12.4. The summed E-state index contributed by atoms with van der Waals surface area (Å²) >= 11 is 5.88. The number of aromatic nitrogens is 4. The number of sulfonamides is 1. The minimum absolute atomic E-state index is 0.0319. The summed E-state index contributed by atoms with van der Waals surface area (Å²) < 4.78 is 40.9. The number of nitrogens with two attached hydrogens (primary N) is 1. The summed E-state index contributed by atoms with van der Waals surface area (Å²) in [6.07, 6.45) is 2.88. The summed E-state index contributed by atoms with van der Waals surface area (Å²) in [5.41, 5.74) is 8.63. The van der Waals surface area contributed by atoms with Crippen LogP contribution in [-0.2, 0) is 10.0 Å². The van der Waals surface area contributed by atoms with Crippen molar-refractivity contribution in [2.45, 2.75) is 0 Å². The molecule has 0 amide bonds. The van der Waals surface area contributed by atoms with Crippen LogP contribution in [0.5, 0.6) is 0 Å². The van der Waals surface area contributed by atoms with Crippen LogP contribution in [0.3, 0.4) is 0 Å². The van der Waals surface area contributed by atoms with Crippen LogP contribution in [0.4, 0.5) is 27.4 Å². The van der Waals surface area contributed by atoms with E-state index in [-0.39, 0.29) is 22.3 Å². The van der Waals surface area contributed by atoms with Crippen molar-refractivity contribution in [1.82, 2.24) is 24.8 Å². The number of nitrogen functional groups attached to an aromatic ring is 1. The van der Waals surface area contributed by atoms with Crippen molar-refractivity contribution in [2.24, 2.45) is 0 Å². The van der Waals surface area contributed by atoms with E-state index >= 15 is 0 Å². The maximum absolute atomic E-state index is 13.5. The summed E-state index contributed by atoms with van der Waals surface area (Å²) in [6, 6.07) is 9.25. The second-order valence-corrected chi connectivity index (χ2v) is 10.2. The lowest BCUT2D eigenvalue weighted by Crippen LogP contribution is -2.26. The van der Waals surface area contributed by atoms with Crippen molar-refractivity contribution in [3.63, 3.8) is 0 Å². The van der Waals surface area contributed by atoms with Crippen LogP contribution >= 0.6 is 11.6 Å². The molecule has 3 heterocycles. The highest BCUT2D eigenvalue weighted by atomic mass is 35.5. The molecule has 0 saturated heterocycles.